The minimum Gasteiger partial charge on any atom is -0.368 e. The van der Waals surface area contributed by atoms with Crippen molar-refractivity contribution in [1.82, 2.24) is 19.9 Å². The molecule has 5 heteroatoms. The normalized spacial score (nSPS) is 11.0. The lowest BCUT2D eigenvalue weighted by molar-refractivity contribution is 0.725. The average Bonchev–Trinajstić information content (AvgIpc) is 2.92. The first-order chi connectivity index (χ1) is 9.83. The summed E-state index contributed by atoms with van der Waals surface area (Å²) in [5, 5.41) is 0. The van der Waals surface area contributed by atoms with Crippen LogP contribution in [0.3, 0.4) is 0 Å². The number of aryl methyl sites for hydroxylation is 2. The van der Waals surface area contributed by atoms with E-state index in [2.05, 4.69) is 44.2 Å². The Morgan fingerprint density at radius 1 is 1.00 bits per heavy atom. The molecule has 20 heavy (non-hydrogen) atoms. The van der Waals surface area contributed by atoms with Crippen molar-refractivity contribution in [2.24, 2.45) is 0 Å². The van der Waals surface area contributed by atoms with Crippen LogP contribution >= 0.6 is 0 Å². The maximum Gasteiger partial charge on any atom is 0.222 e. The predicted molar refractivity (Wildman–Crippen MR) is 79.2 cm³/mol. The van der Waals surface area contributed by atoms with Gasteiger partial charge in [0.25, 0.3) is 0 Å². The van der Waals surface area contributed by atoms with Gasteiger partial charge in [-0.1, -0.05) is 30.3 Å². The number of nitrogen functional groups attached to an aromatic ring is 1. The Balaban J connectivity index is 1.61. The molecule has 0 spiro atoms. The topological polar surface area (TPSA) is 80.5 Å². The zero-order chi connectivity index (χ0) is 13.8. The third-order valence-corrected chi connectivity index (χ3v) is 3.35. The maximum atomic E-state index is 5.70. The van der Waals surface area contributed by atoms with Crippen LogP contribution in [-0.2, 0) is 12.8 Å². The smallest absolute Gasteiger partial charge is 0.222 e. The minimum atomic E-state index is 0.294. The van der Waals surface area contributed by atoms with E-state index in [4.69, 9.17) is 5.73 Å². The van der Waals surface area contributed by atoms with Gasteiger partial charge in [-0.3, -0.25) is 0 Å². The van der Waals surface area contributed by atoms with E-state index in [1.54, 1.807) is 6.33 Å². The first-order valence-corrected chi connectivity index (χ1v) is 6.82. The lowest BCUT2D eigenvalue weighted by Gasteiger charge is -2.04. The molecule has 0 aliphatic rings. The molecule has 0 saturated carbocycles. The highest BCUT2D eigenvalue weighted by Gasteiger charge is 2.07. The van der Waals surface area contributed by atoms with Crippen molar-refractivity contribution < 1.29 is 0 Å². The van der Waals surface area contributed by atoms with E-state index < -0.39 is 0 Å². The average molecular weight is 267 g/mol. The van der Waals surface area contributed by atoms with Gasteiger partial charge >= 0.3 is 0 Å². The maximum absolute atomic E-state index is 5.70. The van der Waals surface area contributed by atoms with Gasteiger partial charge in [-0.05, 0) is 31.2 Å². The summed E-state index contributed by atoms with van der Waals surface area (Å²) in [5.74, 6) is 0.294. The lowest BCUT2D eigenvalue weighted by Crippen LogP contribution is -2.01. The number of nitrogens with zero attached hydrogens (tertiary/aromatic N) is 3. The molecule has 0 fully saturated rings. The molecular formula is C15H17N5. The summed E-state index contributed by atoms with van der Waals surface area (Å²) in [6, 6.07) is 10.5. The van der Waals surface area contributed by atoms with E-state index in [0.29, 0.717) is 11.6 Å². The van der Waals surface area contributed by atoms with E-state index in [9.17, 15) is 0 Å². The van der Waals surface area contributed by atoms with Crippen molar-refractivity contribution in [3.05, 3.63) is 47.9 Å². The van der Waals surface area contributed by atoms with Crippen molar-refractivity contribution in [2.45, 2.75) is 25.7 Å². The van der Waals surface area contributed by atoms with Crippen LogP contribution in [0.25, 0.3) is 11.2 Å². The number of hydrogen-bond donors (Lipinski definition) is 2. The van der Waals surface area contributed by atoms with E-state index in [-0.39, 0.29) is 0 Å². The molecule has 0 saturated heterocycles. The van der Waals surface area contributed by atoms with Gasteiger partial charge in [0.15, 0.2) is 5.65 Å². The fraction of sp³-hybridized carbons (Fsp3) is 0.267. The minimum absolute atomic E-state index is 0.294. The highest BCUT2D eigenvalue weighted by Crippen LogP contribution is 2.15. The molecule has 102 valence electrons. The number of nitrogens with one attached hydrogen (secondary N) is 1. The molecule has 2 aromatic heterocycles. The van der Waals surface area contributed by atoms with E-state index in [1.807, 2.05) is 6.07 Å². The van der Waals surface area contributed by atoms with Gasteiger partial charge in [-0.15, -0.1) is 0 Å². The quantitative estimate of drug-likeness (QED) is 0.696. The number of anilines is 1. The Hall–Kier alpha value is -2.43. The molecule has 0 radical (unpaired) electrons. The summed E-state index contributed by atoms with van der Waals surface area (Å²) in [6.07, 6.45) is 5.81. The number of rotatable bonds is 5. The SMILES string of the molecule is Nc1nc(CCCCc2ccccc2)c2[nH]cnc2n1. The van der Waals surface area contributed by atoms with Crippen molar-refractivity contribution >= 4 is 17.1 Å². The zero-order valence-electron chi connectivity index (χ0n) is 11.2. The van der Waals surface area contributed by atoms with Crippen LogP contribution in [0.5, 0.6) is 0 Å². The number of hydrogen-bond acceptors (Lipinski definition) is 4. The molecular weight excluding hydrogens is 250 g/mol. The largest absolute Gasteiger partial charge is 0.368 e. The third kappa shape index (κ3) is 2.77. The number of unbranched alkanes of at least 4 members (excludes halogenated alkanes) is 1. The first kappa shape index (κ1) is 12.6. The summed E-state index contributed by atoms with van der Waals surface area (Å²) in [6.45, 7) is 0. The standard InChI is InChI=1S/C15H17N5/c16-15-19-12(13-14(20-15)18-10-17-13)9-5-4-8-11-6-2-1-3-7-11/h1-3,6-7,10H,4-5,8-9H2,(H3,16,17,18,19,20). The van der Waals surface area contributed by atoms with Crippen molar-refractivity contribution in [1.29, 1.82) is 0 Å². The van der Waals surface area contributed by atoms with Gasteiger partial charge in [0, 0.05) is 0 Å². The van der Waals surface area contributed by atoms with Crippen LogP contribution in [0.2, 0.25) is 0 Å². The van der Waals surface area contributed by atoms with Gasteiger partial charge in [0.05, 0.1) is 12.0 Å². The molecule has 3 rings (SSSR count). The number of benzene rings is 1. The molecule has 0 aliphatic heterocycles. The second kappa shape index (κ2) is 5.69. The van der Waals surface area contributed by atoms with Crippen LogP contribution in [0.4, 0.5) is 5.95 Å². The summed E-state index contributed by atoms with van der Waals surface area (Å²) in [7, 11) is 0. The van der Waals surface area contributed by atoms with Crippen LogP contribution in [-0.4, -0.2) is 19.9 Å². The fourth-order valence-electron chi connectivity index (χ4n) is 2.36. The molecule has 1 aromatic carbocycles. The molecule has 2 heterocycles. The highest BCUT2D eigenvalue weighted by atomic mass is 15.1. The highest BCUT2D eigenvalue weighted by molar-refractivity contribution is 5.73. The molecule has 0 aliphatic carbocycles. The predicted octanol–water partition coefficient (Wildman–Crippen LogP) is 2.50. The van der Waals surface area contributed by atoms with Crippen LogP contribution in [0, 0.1) is 0 Å². The molecule has 3 aromatic rings. The molecule has 0 atom stereocenters. The zero-order valence-corrected chi connectivity index (χ0v) is 11.2. The summed E-state index contributed by atoms with van der Waals surface area (Å²) < 4.78 is 0. The van der Waals surface area contributed by atoms with Crippen LogP contribution in [0.15, 0.2) is 36.7 Å². The Morgan fingerprint density at radius 3 is 2.65 bits per heavy atom. The number of H-pyrrole nitrogens is 1. The lowest BCUT2D eigenvalue weighted by atomic mass is 10.1. The molecule has 5 nitrogen and oxygen atoms in total. The Morgan fingerprint density at radius 2 is 1.80 bits per heavy atom. The fourth-order valence-corrected chi connectivity index (χ4v) is 2.36. The van der Waals surface area contributed by atoms with E-state index in [0.717, 1.165) is 36.9 Å². The van der Waals surface area contributed by atoms with Crippen LogP contribution in [0.1, 0.15) is 24.1 Å². The molecule has 0 unspecified atom stereocenters. The molecule has 3 N–H and O–H groups in total. The van der Waals surface area contributed by atoms with Gasteiger partial charge in [0.2, 0.25) is 5.95 Å². The Bertz CT molecular complexity index is 690. The number of imidazole rings is 1. The molecule has 0 amide bonds. The van der Waals surface area contributed by atoms with E-state index in [1.165, 1.54) is 5.56 Å². The van der Waals surface area contributed by atoms with Crippen LogP contribution < -0.4 is 5.73 Å². The van der Waals surface area contributed by atoms with Crippen molar-refractivity contribution in [2.75, 3.05) is 5.73 Å². The van der Waals surface area contributed by atoms with E-state index >= 15 is 0 Å². The second-order valence-electron chi connectivity index (χ2n) is 4.82. The summed E-state index contributed by atoms with van der Waals surface area (Å²) in [4.78, 5) is 15.6. The number of fused-ring (bicyclic) bond motifs is 1. The number of aromatic amines is 1. The van der Waals surface area contributed by atoms with Gasteiger partial charge in [0.1, 0.15) is 5.52 Å². The van der Waals surface area contributed by atoms with Gasteiger partial charge < -0.3 is 10.7 Å². The molecule has 0 bridgehead atoms. The second-order valence-corrected chi connectivity index (χ2v) is 4.82. The summed E-state index contributed by atoms with van der Waals surface area (Å²) in [5.41, 5.74) is 9.59. The van der Waals surface area contributed by atoms with Crippen molar-refractivity contribution in [3.63, 3.8) is 0 Å². The third-order valence-electron chi connectivity index (χ3n) is 3.35. The first-order valence-electron chi connectivity index (χ1n) is 6.82. The van der Waals surface area contributed by atoms with Gasteiger partial charge in [-0.2, -0.15) is 4.98 Å². The number of nitrogens with two attached hydrogens (primary N) is 1. The van der Waals surface area contributed by atoms with Gasteiger partial charge in [-0.25, -0.2) is 9.97 Å². The monoisotopic (exact) mass is 267 g/mol. The Labute approximate surface area is 117 Å². The summed E-state index contributed by atoms with van der Waals surface area (Å²) >= 11 is 0. The Kier molecular flexibility index (Phi) is 3.58. The number of aromatic nitrogens is 4. The van der Waals surface area contributed by atoms with Crippen molar-refractivity contribution in [3.8, 4) is 0 Å².